The third-order valence-electron chi connectivity index (χ3n) is 5.17. The summed E-state index contributed by atoms with van der Waals surface area (Å²) in [4.78, 5) is 27.4. The molecule has 0 aromatic heterocycles. The number of carbonyl (C=O) groups excluding carboxylic acids is 2. The maximum atomic E-state index is 13.7. The van der Waals surface area contributed by atoms with Crippen LogP contribution < -0.4 is 10.0 Å². The maximum absolute atomic E-state index is 13.7. The molecule has 0 bridgehead atoms. The van der Waals surface area contributed by atoms with Crippen molar-refractivity contribution in [2.24, 2.45) is 0 Å². The Labute approximate surface area is 185 Å². The summed E-state index contributed by atoms with van der Waals surface area (Å²) in [5.41, 5.74) is -3.86. The van der Waals surface area contributed by atoms with E-state index in [0.717, 1.165) is 29.2 Å². The van der Waals surface area contributed by atoms with Crippen LogP contribution in [0.5, 0.6) is 0 Å². The molecule has 0 spiro atoms. The first-order valence-corrected chi connectivity index (χ1v) is 10.9. The highest BCUT2D eigenvalue weighted by molar-refractivity contribution is 7.88. The molecule has 2 radical (unpaired) electrons. The van der Waals surface area contributed by atoms with E-state index in [1.807, 2.05) is 0 Å². The smallest absolute Gasteiger partial charge is 0.305 e. The molecule has 2 aromatic rings. The van der Waals surface area contributed by atoms with Gasteiger partial charge in [0.05, 0.1) is 17.0 Å². The number of sulfonamides is 1. The zero-order valence-electron chi connectivity index (χ0n) is 17.2. The largest absolute Gasteiger partial charge is 0.419 e. The Kier molecular flexibility index (Phi) is 6.00. The lowest BCUT2D eigenvalue weighted by molar-refractivity contribution is -0.140. The fraction of sp³-hybridized carbons (Fsp3) is 0.300. The highest BCUT2D eigenvalue weighted by Gasteiger charge is 2.52. The van der Waals surface area contributed by atoms with Crippen LogP contribution in [-0.4, -0.2) is 30.8 Å². The van der Waals surface area contributed by atoms with Crippen molar-refractivity contribution in [3.05, 3.63) is 64.7 Å². The fourth-order valence-corrected chi connectivity index (χ4v) is 4.11. The number of benzene rings is 2. The number of rotatable bonds is 5. The lowest BCUT2D eigenvalue weighted by atomic mass is 10.0. The van der Waals surface area contributed by atoms with E-state index in [1.165, 1.54) is 13.8 Å². The molecule has 1 aliphatic heterocycles. The summed E-state index contributed by atoms with van der Waals surface area (Å²) in [6.45, 7) is 2.20. The fourth-order valence-electron chi connectivity index (χ4n) is 3.45. The van der Waals surface area contributed by atoms with Gasteiger partial charge in [0, 0.05) is 6.54 Å². The van der Waals surface area contributed by atoms with Crippen LogP contribution in [0.25, 0.3) is 0 Å². The molecule has 3 amide bonds. The minimum Gasteiger partial charge on any atom is -0.305 e. The van der Waals surface area contributed by atoms with E-state index < -0.39 is 68.9 Å². The zero-order valence-corrected chi connectivity index (χ0v) is 18.0. The molecule has 176 valence electrons. The number of amides is 3. The van der Waals surface area contributed by atoms with Crippen LogP contribution in [0.3, 0.4) is 0 Å². The SMILES string of the molecule is CC1(C)C(=O)N(c2ccc(F)c(C(F)(F)F)c2)C(=O)N1Cc1ccc(F)cc1CS([N])(=O)=O. The van der Waals surface area contributed by atoms with Crippen LogP contribution in [0, 0.1) is 11.6 Å². The van der Waals surface area contributed by atoms with Crippen molar-refractivity contribution in [1.82, 2.24) is 10.0 Å². The van der Waals surface area contributed by atoms with Gasteiger partial charge in [0.25, 0.3) is 5.91 Å². The number of imide groups is 1. The second-order valence-electron chi connectivity index (χ2n) is 7.87. The van der Waals surface area contributed by atoms with E-state index >= 15 is 0 Å². The molecule has 0 N–H and O–H groups in total. The maximum Gasteiger partial charge on any atom is 0.419 e. The molecule has 1 aliphatic rings. The predicted octanol–water partition coefficient (Wildman–Crippen LogP) is 3.63. The van der Waals surface area contributed by atoms with E-state index in [0.29, 0.717) is 17.0 Å². The second kappa shape index (κ2) is 8.06. The Morgan fingerprint density at radius 1 is 1.00 bits per heavy atom. The molecule has 7 nitrogen and oxygen atoms in total. The van der Waals surface area contributed by atoms with Gasteiger partial charge in [0.15, 0.2) is 0 Å². The van der Waals surface area contributed by atoms with Crippen LogP contribution in [-0.2, 0) is 33.3 Å². The van der Waals surface area contributed by atoms with Crippen LogP contribution in [0.2, 0.25) is 0 Å². The predicted molar refractivity (Wildman–Crippen MR) is 105 cm³/mol. The first-order chi connectivity index (χ1) is 15.0. The summed E-state index contributed by atoms with van der Waals surface area (Å²) in [7, 11) is -4.57. The van der Waals surface area contributed by atoms with Gasteiger partial charge in [-0.3, -0.25) is 4.79 Å². The summed E-state index contributed by atoms with van der Waals surface area (Å²) in [5, 5.41) is 9.13. The number of nitrogens with zero attached hydrogens (tertiary/aromatic N) is 3. The van der Waals surface area contributed by atoms with Crippen LogP contribution >= 0.6 is 0 Å². The van der Waals surface area contributed by atoms with Gasteiger partial charge in [-0.1, -0.05) is 6.07 Å². The minimum atomic E-state index is -5.07. The average molecular weight is 489 g/mol. The van der Waals surface area contributed by atoms with Gasteiger partial charge in [-0.2, -0.15) is 13.2 Å². The minimum absolute atomic E-state index is 0.0835. The van der Waals surface area contributed by atoms with Crippen LogP contribution in [0.1, 0.15) is 30.5 Å². The highest BCUT2D eigenvalue weighted by Crippen LogP contribution is 2.38. The molecule has 1 fully saturated rings. The second-order valence-corrected chi connectivity index (χ2v) is 9.32. The standard InChI is InChI=1S/C20H16F5N3O4S/c1-19(2)17(29)28(14-5-6-16(22)15(8-14)20(23,24)25)18(30)27(19)9-11-3-4-13(21)7-12(11)10-33(26,31)32/h3-8H,9-10H2,1-2H3. The lowest BCUT2D eigenvalue weighted by Crippen LogP contribution is -2.43. The summed E-state index contributed by atoms with van der Waals surface area (Å²) >= 11 is 0. The molecular formula is C20H16F5N3O4S. The Morgan fingerprint density at radius 2 is 1.64 bits per heavy atom. The third-order valence-corrected chi connectivity index (χ3v) is 5.85. The summed E-state index contributed by atoms with van der Waals surface area (Å²) < 4.78 is 89.2. The number of urea groups is 1. The molecule has 0 aliphatic carbocycles. The van der Waals surface area contributed by atoms with Gasteiger partial charge in [0.2, 0.25) is 10.0 Å². The molecule has 0 saturated carbocycles. The Morgan fingerprint density at radius 3 is 2.21 bits per heavy atom. The zero-order chi connectivity index (χ0) is 24.9. The number of carbonyl (C=O) groups is 2. The van der Waals surface area contributed by atoms with Crippen molar-refractivity contribution in [2.75, 3.05) is 4.90 Å². The first-order valence-electron chi connectivity index (χ1n) is 9.28. The van der Waals surface area contributed by atoms with E-state index in [2.05, 4.69) is 0 Å². The van der Waals surface area contributed by atoms with Crippen molar-refractivity contribution in [3.63, 3.8) is 0 Å². The molecule has 1 heterocycles. The number of anilines is 1. The number of hydrogen-bond donors (Lipinski definition) is 0. The van der Waals surface area contributed by atoms with Crippen molar-refractivity contribution in [2.45, 2.75) is 37.9 Å². The average Bonchev–Trinajstić information content (AvgIpc) is 2.81. The van der Waals surface area contributed by atoms with E-state index in [4.69, 9.17) is 5.14 Å². The molecule has 13 heteroatoms. The quantitative estimate of drug-likeness (QED) is 0.473. The van der Waals surface area contributed by atoms with Crippen molar-refractivity contribution in [1.29, 1.82) is 0 Å². The molecule has 0 unspecified atom stereocenters. The van der Waals surface area contributed by atoms with Gasteiger partial charge in [0.1, 0.15) is 17.2 Å². The summed E-state index contributed by atoms with van der Waals surface area (Å²) in [6.07, 6.45) is -5.07. The van der Waals surface area contributed by atoms with Crippen molar-refractivity contribution in [3.8, 4) is 0 Å². The molecule has 3 rings (SSSR count). The lowest BCUT2D eigenvalue weighted by Gasteiger charge is -2.28. The monoisotopic (exact) mass is 489 g/mol. The summed E-state index contributed by atoms with van der Waals surface area (Å²) in [6, 6.07) is 3.60. The third kappa shape index (κ3) is 4.83. The Hall–Kier alpha value is -3.06. The van der Waals surface area contributed by atoms with Crippen molar-refractivity contribution >= 4 is 27.6 Å². The van der Waals surface area contributed by atoms with Gasteiger partial charge < -0.3 is 4.90 Å². The van der Waals surface area contributed by atoms with E-state index in [9.17, 15) is 40.0 Å². The van der Waals surface area contributed by atoms with Crippen LogP contribution in [0.4, 0.5) is 32.4 Å². The van der Waals surface area contributed by atoms with Gasteiger partial charge in [-0.15, -0.1) is 0 Å². The van der Waals surface area contributed by atoms with E-state index in [-0.39, 0.29) is 11.1 Å². The normalized spacial score (nSPS) is 16.6. The van der Waals surface area contributed by atoms with Crippen molar-refractivity contribution < 1.29 is 40.0 Å². The molecule has 2 aromatic carbocycles. The number of alkyl halides is 3. The first kappa shape index (κ1) is 24.6. The summed E-state index contributed by atoms with van der Waals surface area (Å²) in [5.74, 6) is -4.27. The molecular weight excluding hydrogens is 473 g/mol. The molecule has 0 atom stereocenters. The highest BCUT2D eigenvalue weighted by atomic mass is 32.2. The van der Waals surface area contributed by atoms with Gasteiger partial charge >= 0.3 is 12.2 Å². The van der Waals surface area contributed by atoms with E-state index in [1.54, 1.807) is 0 Å². The van der Waals surface area contributed by atoms with Gasteiger partial charge in [-0.25, -0.2) is 26.9 Å². The molecule has 33 heavy (non-hydrogen) atoms. The molecule has 1 saturated heterocycles. The number of halogens is 5. The Balaban J connectivity index is 2.03. The number of hydrogen-bond acceptors (Lipinski definition) is 4. The Bertz CT molecular complexity index is 1240. The topological polar surface area (TPSA) is 97.1 Å². The van der Waals surface area contributed by atoms with Gasteiger partial charge in [-0.05, 0) is 60.4 Å². The van der Waals surface area contributed by atoms with Crippen LogP contribution in [0.15, 0.2) is 36.4 Å².